The van der Waals surface area contributed by atoms with E-state index in [0.717, 1.165) is 0 Å². The van der Waals surface area contributed by atoms with Crippen LogP contribution in [0.3, 0.4) is 0 Å². The maximum atomic E-state index is 11.8. The molecule has 1 rings (SSSR count). The van der Waals surface area contributed by atoms with E-state index in [9.17, 15) is 4.79 Å². The zero-order chi connectivity index (χ0) is 15.0. The van der Waals surface area contributed by atoms with E-state index in [1.165, 1.54) is 0 Å². The normalized spacial score (nSPS) is 11.9. The van der Waals surface area contributed by atoms with Gasteiger partial charge in [-0.05, 0) is 38.2 Å². The molecule has 1 N–H and O–H groups in total. The van der Waals surface area contributed by atoms with Crippen molar-refractivity contribution in [2.75, 3.05) is 32.6 Å². The molecule has 0 saturated heterocycles. The van der Waals surface area contributed by atoms with Crippen molar-refractivity contribution in [1.29, 1.82) is 5.26 Å². The van der Waals surface area contributed by atoms with E-state index in [1.54, 1.807) is 31.4 Å². The number of nitrogens with zero attached hydrogens (tertiary/aromatic N) is 2. The molecule has 1 atom stereocenters. The fraction of sp³-hybridized carbons (Fsp3) is 0.467. The zero-order valence-electron chi connectivity index (χ0n) is 12.2. The van der Waals surface area contributed by atoms with Crippen molar-refractivity contribution in [3.8, 4) is 6.07 Å². The molecule has 0 aliphatic rings. The Balaban J connectivity index is 2.38. The van der Waals surface area contributed by atoms with E-state index in [2.05, 4.69) is 17.1 Å². The van der Waals surface area contributed by atoms with Crippen molar-refractivity contribution < 1.29 is 9.53 Å². The Morgan fingerprint density at radius 3 is 2.65 bits per heavy atom. The van der Waals surface area contributed by atoms with Crippen LogP contribution in [-0.4, -0.2) is 44.2 Å². The molecule has 0 aromatic heterocycles. The number of nitriles is 1. The van der Waals surface area contributed by atoms with Gasteiger partial charge in [0.25, 0.3) is 0 Å². The average molecular weight is 275 g/mol. The first-order valence-corrected chi connectivity index (χ1v) is 6.56. The molecule has 0 aliphatic heterocycles. The zero-order valence-corrected chi connectivity index (χ0v) is 12.2. The molecule has 1 unspecified atom stereocenters. The molecule has 5 heteroatoms. The van der Waals surface area contributed by atoms with Gasteiger partial charge in [0.05, 0.1) is 18.2 Å². The molecule has 0 aliphatic carbocycles. The minimum atomic E-state index is -0.0359. The highest BCUT2D eigenvalue weighted by molar-refractivity contribution is 5.90. The van der Waals surface area contributed by atoms with Crippen molar-refractivity contribution in [2.24, 2.45) is 0 Å². The van der Waals surface area contributed by atoms with Crippen LogP contribution in [0.2, 0.25) is 0 Å². The summed E-state index contributed by atoms with van der Waals surface area (Å²) in [6, 6.07) is 9.15. The van der Waals surface area contributed by atoms with Crippen LogP contribution in [0.25, 0.3) is 0 Å². The van der Waals surface area contributed by atoms with Crippen molar-refractivity contribution in [1.82, 2.24) is 4.90 Å². The third-order valence-electron chi connectivity index (χ3n) is 3.15. The molecule has 0 radical (unpaired) electrons. The number of likely N-dealkylation sites (N-methyl/N-ethyl adjacent to an activating group) is 1. The summed E-state index contributed by atoms with van der Waals surface area (Å²) in [7, 11) is 3.64. The minimum Gasteiger partial charge on any atom is -0.383 e. The van der Waals surface area contributed by atoms with Crippen LogP contribution in [0, 0.1) is 11.3 Å². The highest BCUT2D eigenvalue weighted by Gasteiger charge is 2.10. The predicted octanol–water partition coefficient (Wildman–Crippen LogP) is 1.85. The van der Waals surface area contributed by atoms with Crippen LogP contribution < -0.4 is 5.32 Å². The highest BCUT2D eigenvalue weighted by atomic mass is 16.5. The van der Waals surface area contributed by atoms with Gasteiger partial charge in [0.2, 0.25) is 5.91 Å². The third-order valence-corrected chi connectivity index (χ3v) is 3.15. The lowest BCUT2D eigenvalue weighted by molar-refractivity contribution is -0.116. The van der Waals surface area contributed by atoms with E-state index in [0.29, 0.717) is 30.8 Å². The number of anilines is 1. The van der Waals surface area contributed by atoms with Crippen LogP contribution in [0.4, 0.5) is 5.69 Å². The SMILES string of the molecule is COCC(C)N(C)CCC(=O)Nc1ccc(C#N)cc1. The summed E-state index contributed by atoms with van der Waals surface area (Å²) >= 11 is 0. The first-order chi connectivity index (χ1) is 9.56. The average Bonchev–Trinajstić information content (AvgIpc) is 2.45. The van der Waals surface area contributed by atoms with Crippen LogP contribution in [0.15, 0.2) is 24.3 Å². The third kappa shape index (κ3) is 5.39. The molecular weight excluding hydrogens is 254 g/mol. The van der Waals surface area contributed by atoms with E-state index in [-0.39, 0.29) is 11.9 Å². The Hall–Kier alpha value is -1.90. The molecule has 0 saturated carbocycles. The van der Waals surface area contributed by atoms with E-state index >= 15 is 0 Å². The number of benzene rings is 1. The molecule has 108 valence electrons. The van der Waals surface area contributed by atoms with Gasteiger partial charge in [-0.15, -0.1) is 0 Å². The predicted molar refractivity (Wildman–Crippen MR) is 78.4 cm³/mol. The number of hydrogen-bond acceptors (Lipinski definition) is 4. The summed E-state index contributed by atoms with van der Waals surface area (Å²) in [5, 5.41) is 11.5. The number of amides is 1. The Morgan fingerprint density at radius 1 is 1.45 bits per heavy atom. The fourth-order valence-corrected chi connectivity index (χ4v) is 1.72. The molecule has 20 heavy (non-hydrogen) atoms. The van der Waals surface area contributed by atoms with Gasteiger partial charge in [-0.3, -0.25) is 4.79 Å². The van der Waals surface area contributed by atoms with Crippen LogP contribution in [-0.2, 0) is 9.53 Å². The Kier molecular flexibility index (Phi) is 6.71. The Morgan fingerprint density at radius 2 is 2.10 bits per heavy atom. The van der Waals surface area contributed by atoms with E-state index in [4.69, 9.17) is 10.00 Å². The monoisotopic (exact) mass is 275 g/mol. The number of carbonyl (C=O) groups excluding carboxylic acids is 1. The number of hydrogen-bond donors (Lipinski definition) is 1. The standard InChI is InChI=1S/C15H21N3O2/c1-12(11-20-3)18(2)9-8-15(19)17-14-6-4-13(10-16)5-7-14/h4-7,12H,8-9,11H2,1-3H3,(H,17,19). The second-order valence-corrected chi connectivity index (χ2v) is 4.77. The summed E-state index contributed by atoms with van der Waals surface area (Å²) < 4.78 is 5.08. The van der Waals surface area contributed by atoms with Crippen LogP contribution in [0.1, 0.15) is 18.9 Å². The van der Waals surface area contributed by atoms with Gasteiger partial charge in [0.1, 0.15) is 0 Å². The topological polar surface area (TPSA) is 65.4 Å². The minimum absolute atomic E-state index is 0.0359. The van der Waals surface area contributed by atoms with Crippen LogP contribution >= 0.6 is 0 Å². The van der Waals surface area contributed by atoms with Crippen molar-refractivity contribution in [3.05, 3.63) is 29.8 Å². The quantitative estimate of drug-likeness (QED) is 0.825. The van der Waals surface area contributed by atoms with Crippen LogP contribution in [0.5, 0.6) is 0 Å². The smallest absolute Gasteiger partial charge is 0.225 e. The highest BCUT2D eigenvalue weighted by Crippen LogP contribution is 2.09. The molecule has 1 aromatic carbocycles. The molecule has 0 spiro atoms. The summed E-state index contributed by atoms with van der Waals surface area (Å²) in [6.45, 7) is 3.38. The Labute approximate surface area is 120 Å². The maximum absolute atomic E-state index is 11.8. The Bertz CT molecular complexity index is 465. The van der Waals surface area contributed by atoms with Gasteiger partial charge in [-0.25, -0.2) is 0 Å². The second-order valence-electron chi connectivity index (χ2n) is 4.77. The van der Waals surface area contributed by atoms with Gasteiger partial charge in [-0.1, -0.05) is 0 Å². The van der Waals surface area contributed by atoms with Crippen molar-refractivity contribution in [3.63, 3.8) is 0 Å². The molecule has 0 heterocycles. The summed E-state index contributed by atoms with van der Waals surface area (Å²) in [4.78, 5) is 13.9. The number of methoxy groups -OCH3 is 1. The molecule has 0 bridgehead atoms. The lowest BCUT2D eigenvalue weighted by Crippen LogP contribution is -2.35. The largest absolute Gasteiger partial charge is 0.383 e. The van der Waals surface area contributed by atoms with Gasteiger partial charge < -0.3 is 15.0 Å². The number of carbonyl (C=O) groups is 1. The lowest BCUT2D eigenvalue weighted by Gasteiger charge is -2.23. The van der Waals surface area contributed by atoms with Gasteiger partial charge in [0.15, 0.2) is 0 Å². The van der Waals surface area contributed by atoms with Gasteiger partial charge >= 0.3 is 0 Å². The first kappa shape index (κ1) is 16.2. The fourth-order valence-electron chi connectivity index (χ4n) is 1.72. The van der Waals surface area contributed by atoms with Gasteiger partial charge in [-0.2, -0.15) is 5.26 Å². The van der Waals surface area contributed by atoms with E-state index < -0.39 is 0 Å². The van der Waals surface area contributed by atoms with E-state index in [1.807, 2.05) is 13.1 Å². The number of rotatable bonds is 7. The van der Waals surface area contributed by atoms with Crippen molar-refractivity contribution in [2.45, 2.75) is 19.4 Å². The lowest BCUT2D eigenvalue weighted by atomic mass is 10.2. The number of nitrogens with one attached hydrogen (secondary N) is 1. The maximum Gasteiger partial charge on any atom is 0.225 e. The molecule has 1 aromatic rings. The summed E-state index contributed by atoms with van der Waals surface area (Å²) in [6.07, 6.45) is 0.421. The van der Waals surface area contributed by atoms with Gasteiger partial charge in [0, 0.05) is 31.8 Å². The first-order valence-electron chi connectivity index (χ1n) is 6.56. The second kappa shape index (κ2) is 8.31. The van der Waals surface area contributed by atoms with Crippen molar-refractivity contribution >= 4 is 11.6 Å². The molecular formula is C15H21N3O2. The summed E-state index contributed by atoms with van der Waals surface area (Å²) in [5.74, 6) is -0.0359. The molecule has 5 nitrogen and oxygen atoms in total. The molecule has 1 amide bonds. The molecule has 0 fully saturated rings. The number of ether oxygens (including phenoxy) is 1. The summed E-state index contributed by atoms with van der Waals surface area (Å²) in [5.41, 5.74) is 1.29.